The van der Waals surface area contributed by atoms with Crippen molar-refractivity contribution < 1.29 is 18.9 Å². The average Bonchev–Trinajstić information content (AvgIpc) is 2.21. The molecule has 1 saturated carbocycles. The summed E-state index contributed by atoms with van der Waals surface area (Å²) in [7, 11) is 0. The van der Waals surface area contributed by atoms with E-state index in [-0.39, 0.29) is 18.9 Å². The van der Waals surface area contributed by atoms with E-state index in [9.17, 15) is 0 Å². The van der Waals surface area contributed by atoms with Crippen molar-refractivity contribution in [2.24, 2.45) is 0 Å². The molecule has 0 radical (unpaired) electrons. The number of hydrogen-bond donors (Lipinski definition) is 0. The first-order valence-electron chi connectivity index (χ1n) is 5.85. The van der Waals surface area contributed by atoms with E-state index in [1.54, 1.807) is 0 Å². The van der Waals surface area contributed by atoms with Crippen LogP contribution in [0.1, 0.15) is 57.8 Å². The molecule has 14 heavy (non-hydrogen) atoms. The molecule has 1 fully saturated rings. The van der Waals surface area contributed by atoms with E-state index in [1.165, 1.54) is 63.5 Å². The Morgan fingerprint density at radius 3 is 2.43 bits per heavy atom. The Bertz CT molecular complexity index is 183. The Balaban J connectivity index is 0.000000980. The molecule has 0 aliphatic heterocycles. The predicted octanol–water partition coefficient (Wildman–Crippen LogP) is 1.15. The number of rotatable bonds is 2. The first kappa shape index (κ1) is 12.2. The molecule has 2 rings (SSSR count). The van der Waals surface area contributed by atoms with Crippen molar-refractivity contribution in [2.75, 3.05) is 0 Å². The van der Waals surface area contributed by atoms with Crippen molar-refractivity contribution in [3.8, 4) is 0 Å². The van der Waals surface area contributed by atoms with E-state index >= 15 is 0 Å². The molecule has 2 aliphatic carbocycles. The van der Waals surface area contributed by atoms with Gasteiger partial charge in [0.2, 0.25) is 0 Å². The fourth-order valence-electron chi connectivity index (χ4n) is 2.38. The van der Waals surface area contributed by atoms with Crippen molar-refractivity contribution >= 4 is 0 Å². The molecule has 74 valence electrons. The number of allylic oxidation sites excluding steroid dienone is 2. The molecule has 0 saturated heterocycles. The monoisotopic (exact) mass is 185 g/mol. The van der Waals surface area contributed by atoms with Gasteiger partial charge in [0.15, 0.2) is 0 Å². The van der Waals surface area contributed by atoms with E-state index in [4.69, 9.17) is 5.32 Å². The van der Waals surface area contributed by atoms with Gasteiger partial charge in [-0.05, 0) is 19.3 Å². The Labute approximate surface area is 99.9 Å². The van der Waals surface area contributed by atoms with Gasteiger partial charge in [-0.1, -0.05) is 38.5 Å². The maximum Gasteiger partial charge on any atom is 1.00 e. The minimum Gasteiger partial charge on any atom is -0.685 e. The van der Waals surface area contributed by atoms with Crippen LogP contribution in [0.3, 0.4) is 0 Å². The molecule has 0 aromatic rings. The van der Waals surface area contributed by atoms with Crippen LogP contribution in [0, 0.1) is 0 Å². The van der Waals surface area contributed by atoms with Crippen molar-refractivity contribution in [3.63, 3.8) is 0 Å². The SMILES string of the molecule is C1=C([N-]C2CCCCC2)CCCC1.[Li+]. The summed E-state index contributed by atoms with van der Waals surface area (Å²) in [6.07, 6.45) is 14.6. The molecule has 0 aromatic carbocycles. The molecule has 0 bridgehead atoms. The van der Waals surface area contributed by atoms with Gasteiger partial charge >= 0.3 is 18.9 Å². The second-order valence-electron chi connectivity index (χ2n) is 4.36. The van der Waals surface area contributed by atoms with E-state index in [1.807, 2.05) is 0 Å². The summed E-state index contributed by atoms with van der Waals surface area (Å²) < 4.78 is 0. The summed E-state index contributed by atoms with van der Waals surface area (Å²) in [6, 6.07) is 0.679. The zero-order chi connectivity index (χ0) is 8.93. The van der Waals surface area contributed by atoms with Gasteiger partial charge in [-0.3, -0.25) is 0 Å². The van der Waals surface area contributed by atoms with Gasteiger partial charge in [-0.25, -0.2) is 0 Å². The summed E-state index contributed by atoms with van der Waals surface area (Å²) in [4.78, 5) is 0. The van der Waals surface area contributed by atoms with Gasteiger partial charge < -0.3 is 5.32 Å². The van der Waals surface area contributed by atoms with E-state index < -0.39 is 0 Å². The average molecular weight is 185 g/mol. The Kier molecular flexibility index (Phi) is 5.75. The largest absolute Gasteiger partial charge is 1.00 e. The van der Waals surface area contributed by atoms with Crippen LogP contribution in [0.5, 0.6) is 0 Å². The molecule has 0 atom stereocenters. The summed E-state index contributed by atoms with van der Waals surface area (Å²) in [5.74, 6) is 0. The molecular weight excluding hydrogens is 165 g/mol. The fourth-order valence-corrected chi connectivity index (χ4v) is 2.38. The second kappa shape index (κ2) is 6.59. The Hall–Kier alpha value is 0.137. The fraction of sp³-hybridized carbons (Fsp3) is 0.833. The minimum atomic E-state index is 0. The molecule has 0 unspecified atom stereocenters. The maximum atomic E-state index is 4.86. The molecule has 1 nitrogen and oxygen atoms in total. The summed E-state index contributed by atoms with van der Waals surface area (Å²) in [6.45, 7) is 0. The normalized spacial score (nSPS) is 23.6. The Morgan fingerprint density at radius 2 is 1.79 bits per heavy atom. The van der Waals surface area contributed by atoms with Crippen LogP contribution in [0.2, 0.25) is 0 Å². The third kappa shape index (κ3) is 3.71. The van der Waals surface area contributed by atoms with Crippen molar-refractivity contribution in [3.05, 3.63) is 17.1 Å². The first-order chi connectivity index (χ1) is 6.45. The molecule has 0 spiro atoms. The van der Waals surface area contributed by atoms with E-state index in [0.29, 0.717) is 6.04 Å². The topological polar surface area (TPSA) is 14.1 Å². The van der Waals surface area contributed by atoms with Gasteiger partial charge in [-0.2, -0.15) is 5.70 Å². The van der Waals surface area contributed by atoms with Crippen molar-refractivity contribution in [1.29, 1.82) is 0 Å². The van der Waals surface area contributed by atoms with Crippen LogP contribution >= 0.6 is 0 Å². The zero-order valence-corrected chi connectivity index (χ0v) is 9.47. The molecule has 2 aliphatic rings. The number of nitrogens with zero attached hydrogens (tertiary/aromatic N) is 1. The summed E-state index contributed by atoms with van der Waals surface area (Å²) in [5.41, 5.74) is 1.41. The van der Waals surface area contributed by atoms with Crippen molar-refractivity contribution in [2.45, 2.75) is 63.8 Å². The van der Waals surface area contributed by atoms with Crippen LogP contribution in [0.25, 0.3) is 5.32 Å². The van der Waals surface area contributed by atoms with Crippen LogP contribution in [-0.4, -0.2) is 6.04 Å². The quantitative estimate of drug-likeness (QED) is 0.573. The number of hydrogen-bond acceptors (Lipinski definition) is 0. The third-order valence-electron chi connectivity index (χ3n) is 3.19. The van der Waals surface area contributed by atoms with Gasteiger partial charge in [0, 0.05) is 0 Å². The molecule has 0 heterocycles. The van der Waals surface area contributed by atoms with Gasteiger partial charge in [0.05, 0.1) is 0 Å². The van der Waals surface area contributed by atoms with Crippen LogP contribution in [0.4, 0.5) is 0 Å². The van der Waals surface area contributed by atoms with Crippen LogP contribution < -0.4 is 18.9 Å². The second-order valence-corrected chi connectivity index (χ2v) is 4.36. The first-order valence-corrected chi connectivity index (χ1v) is 5.85. The minimum absolute atomic E-state index is 0. The summed E-state index contributed by atoms with van der Waals surface area (Å²) in [5, 5.41) is 4.86. The van der Waals surface area contributed by atoms with Gasteiger partial charge in [0.1, 0.15) is 0 Å². The predicted molar refractivity (Wildman–Crippen MR) is 56.8 cm³/mol. The Morgan fingerprint density at radius 1 is 1.00 bits per heavy atom. The van der Waals surface area contributed by atoms with Gasteiger partial charge in [0.25, 0.3) is 0 Å². The standard InChI is InChI=1S/C12H20N.Li/c1-3-7-11(8-4-1)13-12-9-5-2-6-10-12;/h7,12H,1-6,8-10H2;/q-1;+1. The molecule has 0 amide bonds. The van der Waals surface area contributed by atoms with Crippen LogP contribution in [0.15, 0.2) is 11.8 Å². The van der Waals surface area contributed by atoms with E-state index in [2.05, 4.69) is 6.08 Å². The molecule has 0 N–H and O–H groups in total. The zero-order valence-electron chi connectivity index (χ0n) is 9.47. The smallest absolute Gasteiger partial charge is 0.685 e. The van der Waals surface area contributed by atoms with E-state index in [0.717, 1.165) is 0 Å². The van der Waals surface area contributed by atoms with Crippen LogP contribution in [-0.2, 0) is 0 Å². The molecular formula is C12H20LiN. The summed E-state index contributed by atoms with van der Waals surface area (Å²) >= 11 is 0. The molecule has 0 aromatic heterocycles. The third-order valence-corrected chi connectivity index (χ3v) is 3.19. The molecule has 2 heteroatoms. The van der Waals surface area contributed by atoms with Gasteiger partial charge in [-0.15, -0.1) is 12.1 Å². The van der Waals surface area contributed by atoms with Crippen molar-refractivity contribution in [1.82, 2.24) is 0 Å². The maximum absolute atomic E-state index is 4.86.